The molecule has 0 spiro atoms. The number of nitrogens with two attached hydrogens (primary N) is 5. The van der Waals surface area contributed by atoms with E-state index in [1.165, 1.54) is 0 Å². The maximum absolute atomic E-state index is 11.1. The highest BCUT2D eigenvalue weighted by Gasteiger charge is 2.17. The fourth-order valence-corrected chi connectivity index (χ4v) is 0.934. The number of unbranched alkanes of at least 4 members (excludes halogenated alkanes) is 1. The van der Waals surface area contributed by atoms with Crippen LogP contribution in [0.25, 0.3) is 0 Å². The Morgan fingerprint density at radius 3 is 1.65 bits per heavy atom. The van der Waals surface area contributed by atoms with Gasteiger partial charge >= 0.3 is 23.9 Å². The van der Waals surface area contributed by atoms with Crippen molar-refractivity contribution in [2.45, 2.75) is 31.3 Å². The fourth-order valence-electron chi connectivity index (χ4n) is 0.934. The molecule has 0 aromatic heterocycles. The lowest BCUT2D eigenvalue weighted by Crippen LogP contribution is -2.35. The maximum atomic E-state index is 11.1. The van der Waals surface area contributed by atoms with Crippen molar-refractivity contribution in [3.05, 3.63) is 0 Å². The molecule has 0 aliphatic carbocycles. The van der Waals surface area contributed by atoms with E-state index in [2.05, 4.69) is 10.5 Å². The first kappa shape index (κ1) is 28.6. The molecule has 0 saturated heterocycles. The molecular formula is C13H29N5O8. The lowest BCUT2D eigenvalue weighted by Gasteiger charge is -2.08. The Hall–Kier alpha value is -2.16. The number of aliphatic hydroxyl groups is 1. The second-order valence-electron chi connectivity index (χ2n) is 4.61. The van der Waals surface area contributed by atoms with Crippen molar-refractivity contribution in [2.24, 2.45) is 28.7 Å². The quantitative estimate of drug-likeness (QED) is 0.107. The van der Waals surface area contributed by atoms with Gasteiger partial charge in [-0.05, 0) is 19.4 Å². The van der Waals surface area contributed by atoms with Crippen LogP contribution in [0.3, 0.4) is 0 Å². The number of carbonyl (C=O) groups is 4. The van der Waals surface area contributed by atoms with Crippen LogP contribution in [0, 0.1) is 0 Å². The standard InChI is InChI=1S/C8H17N3O3.C3H7NO3.C2H5NO2/c9-4-2-1-3-6(11)8(13)14-7(12)5-10;4-2(1-5)3(6)7;3-1-2(4)5/h6H,1-5,9-11H2;2,5H,1,4H2,(H,6,7);1,3H2,(H,4,5)/t6-;2-;/m00./s1. The highest BCUT2D eigenvalue weighted by atomic mass is 16.6. The number of ether oxygens (including phenoxy) is 1. The number of esters is 2. The van der Waals surface area contributed by atoms with Gasteiger partial charge in [0.05, 0.1) is 19.7 Å². The molecule has 0 unspecified atom stereocenters. The normalized spacial score (nSPS) is 11.6. The number of aliphatic carboxylic acids is 2. The van der Waals surface area contributed by atoms with Crippen LogP contribution in [-0.4, -0.2) is 77.5 Å². The van der Waals surface area contributed by atoms with Gasteiger partial charge in [0, 0.05) is 0 Å². The van der Waals surface area contributed by atoms with Crippen LogP contribution in [-0.2, 0) is 23.9 Å². The van der Waals surface area contributed by atoms with Gasteiger partial charge in [-0.2, -0.15) is 0 Å². The number of carbonyl (C=O) groups excluding carboxylic acids is 2. The van der Waals surface area contributed by atoms with Crippen LogP contribution in [0.2, 0.25) is 0 Å². The van der Waals surface area contributed by atoms with Crippen LogP contribution < -0.4 is 28.7 Å². The summed E-state index contributed by atoms with van der Waals surface area (Å²) in [7, 11) is 0. The molecule has 13 N–H and O–H groups in total. The van der Waals surface area contributed by atoms with E-state index >= 15 is 0 Å². The summed E-state index contributed by atoms with van der Waals surface area (Å²) in [4.78, 5) is 40.6. The zero-order valence-electron chi connectivity index (χ0n) is 14.4. The third-order valence-corrected chi connectivity index (χ3v) is 2.34. The monoisotopic (exact) mass is 383 g/mol. The first-order chi connectivity index (χ1) is 12.1. The predicted octanol–water partition coefficient (Wildman–Crippen LogP) is -4.11. The highest BCUT2D eigenvalue weighted by molar-refractivity contribution is 5.89. The molecule has 0 radical (unpaired) electrons. The molecule has 154 valence electrons. The molecule has 0 bridgehead atoms. The van der Waals surface area contributed by atoms with Crippen molar-refractivity contribution in [2.75, 3.05) is 26.2 Å². The van der Waals surface area contributed by atoms with Gasteiger partial charge in [0.25, 0.3) is 0 Å². The van der Waals surface area contributed by atoms with Crippen molar-refractivity contribution in [3.63, 3.8) is 0 Å². The van der Waals surface area contributed by atoms with Gasteiger partial charge in [-0.3, -0.25) is 14.4 Å². The van der Waals surface area contributed by atoms with Crippen LogP contribution in [0.1, 0.15) is 19.3 Å². The Bertz CT molecular complexity index is 421. The molecule has 0 amide bonds. The van der Waals surface area contributed by atoms with E-state index in [1.54, 1.807) is 0 Å². The molecule has 13 heteroatoms. The summed E-state index contributed by atoms with van der Waals surface area (Å²) in [6.45, 7) is -0.542. The van der Waals surface area contributed by atoms with Crippen LogP contribution in [0.4, 0.5) is 0 Å². The van der Waals surface area contributed by atoms with Crippen LogP contribution >= 0.6 is 0 Å². The van der Waals surface area contributed by atoms with Gasteiger partial charge in [0.15, 0.2) is 0 Å². The smallest absolute Gasteiger partial charge is 0.330 e. The summed E-state index contributed by atoms with van der Waals surface area (Å²) in [5.74, 6) is -3.63. The molecule has 0 aliphatic rings. The van der Waals surface area contributed by atoms with Gasteiger partial charge in [0.2, 0.25) is 0 Å². The number of carboxylic acid groups (broad SMARTS) is 2. The van der Waals surface area contributed by atoms with E-state index in [1.807, 2.05) is 0 Å². The Kier molecular flexibility index (Phi) is 21.1. The number of rotatable bonds is 9. The number of aliphatic hydroxyl groups excluding tert-OH is 1. The molecule has 0 saturated carbocycles. The summed E-state index contributed by atoms with van der Waals surface area (Å²) < 4.78 is 4.33. The van der Waals surface area contributed by atoms with Gasteiger partial charge in [0.1, 0.15) is 12.1 Å². The molecule has 0 aromatic carbocycles. The van der Waals surface area contributed by atoms with Crippen molar-refractivity contribution in [1.29, 1.82) is 0 Å². The second-order valence-corrected chi connectivity index (χ2v) is 4.61. The third-order valence-electron chi connectivity index (χ3n) is 2.34. The summed E-state index contributed by atoms with van der Waals surface area (Å²) in [5, 5.41) is 23.5. The Balaban J connectivity index is -0.000000366. The summed E-state index contributed by atoms with van der Waals surface area (Å²) in [6, 6.07) is -1.89. The Labute approximate surface area is 150 Å². The second kappa shape index (κ2) is 19.2. The van der Waals surface area contributed by atoms with Crippen molar-refractivity contribution in [1.82, 2.24) is 0 Å². The average molecular weight is 383 g/mol. The summed E-state index contributed by atoms with van der Waals surface area (Å²) >= 11 is 0. The molecule has 26 heavy (non-hydrogen) atoms. The molecule has 0 heterocycles. The van der Waals surface area contributed by atoms with E-state index in [4.69, 9.17) is 38.3 Å². The lowest BCUT2D eigenvalue weighted by atomic mass is 10.1. The lowest BCUT2D eigenvalue weighted by molar-refractivity contribution is -0.159. The van der Waals surface area contributed by atoms with Gasteiger partial charge < -0.3 is 48.7 Å². The van der Waals surface area contributed by atoms with E-state index in [0.29, 0.717) is 13.0 Å². The van der Waals surface area contributed by atoms with Crippen molar-refractivity contribution < 1.29 is 39.2 Å². The molecule has 0 fully saturated rings. The van der Waals surface area contributed by atoms with Crippen molar-refractivity contribution in [3.8, 4) is 0 Å². The van der Waals surface area contributed by atoms with E-state index in [-0.39, 0.29) is 13.1 Å². The zero-order chi connectivity index (χ0) is 21.1. The summed E-state index contributed by atoms with van der Waals surface area (Å²) in [5.41, 5.74) is 25.0. The summed E-state index contributed by atoms with van der Waals surface area (Å²) in [6.07, 6.45) is 2.00. The minimum atomic E-state index is -1.18. The average Bonchev–Trinajstić information content (AvgIpc) is 2.61. The van der Waals surface area contributed by atoms with Gasteiger partial charge in [-0.1, -0.05) is 6.42 Å². The van der Waals surface area contributed by atoms with E-state index in [0.717, 1.165) is 12.8 Å². The topological polar surface area (TPSA) is 268 Å². The van der Waals surface area contributed by atoms with Crippen LogP contribution in [0.5, 0.6) is 0 Å². The highest BCUT2D eigenvalue weighted by Crippen LogP contribution is 1.99. The molecule has 2 atom stereocenters. The first-order valence-corrected chi connectivity index (χ1v) is 7.48. The Morgan fingerprint density at radius 2 is 1.38 bits per heavy atom. The predicted molar refractivity (Wildman–Crippen MR) is 90.4 cm³/mol. The molecular weight excluding hydrogens is 354 g/mol. The molecule has 13 nitrogen and oxygen atoms in total. The third kappa shape index (κ3) is 21.8. The first-order valence-electron chi connectivity index (χ1n) is 7.48. The molecule has 0 aliphatic heterocycles. The van der Waals surface area contributed by atoms with Crippen LogP contribution in [0.15, 0.2) is 0 Å². The minimum absolute atomic E-state index is 0.278. The number of hydrogen-bond donors (Lipinski definition) is 8. The van der Waals surface area contributed by atoms with Gasteiger partial charge in [-0.25, -0.2) is 4.79 Å². The largest absolute Gasteiger partial charge is 0.480 e. The Morgan fingerprint density at radius 1 is 0.885 bits per heavy atom. The molecule has 0 aromatic rings. The number of carboxylic acids is 2. The maximum Gasteiger partial charge on any atom is 0.330 e. The van der Waals surface area contributed by atoms with Gasteiger partial charge in [-0.15, -0.1) is 0 Å². The SMILES string of the molecule is NCC(=O)O.NCCCC[C@H](N)C(=O)OC(=O)CN.N[C@@H](CO)C(=O)O. The van der Waals surface area contributed by atoms with E-state index in [9.17, 15) is 19.2 Å². The van der Waals surface area contributed by atoms with E-state index < -0.39 is 42.6 Å². The molecule has 0 rings (SSSR count). The zero-order valence-corrected chi connectivity index (χ0v) is 14.4. The minimum Gasteiger partial charge on any atom is -0.480 e. The number of hydrogen-bond acceptors (Lipinski definition) is 11. The fraction of sp³-hybridized carbons (Fsp3) is 0.692. The van der Waals surface area contributed by atoms with Crippen molar-refractivity contribution >= 4 is 23.9 Å².